The molecule has 0 saturated carbocycles. The summed E-state index contributed by atoms with van der Waals surface area (Å²) in [6, 6.07) is 42.4. The first-order valence-corrected chi connectivity index (χ1v) is 16.7. The van der Waals surface area contributed by atoms with E-state index in [1.165, 1.54) is 21.7 Å². The van der Waals surface area contributed by atoms with E-state index in [1.54, 1.807) is 0 Å². The van der Waals surface area contributed by atoms with Crippen LogP contribution < -0.4 is 0 Å². The third kappa shape index (κ3) is 4.72. The molecule has 10 rings (SSSR count). The van der Waals surface area contributed by atoms with Crippen LogP contribution in [0.5, 0.6) is 0 Å². The highest BCUT2D eigenvalue weighted by Gasteiger charge is 2.23. The van der Waals surface area contributed by atoms with Crippen molar-refractivity contribution in [3.63, 3.8) is 0 Å². The van der Waals surface area contributed by atoms with Gasteiger partial charge < -0.3 is 4.42 Å². The van der Waals surface area contributed by atoms with Gasteiger partial charge in [-0.3, -0.25) is 0 Å². The topological polar surface area (TPSA) is 51.8 Å². The van der Waals surface area contributed by atoms with E-state index in [2.05, 4.69) is 146 Å². The molecule has 0 amide bonds. The van der Waals surface area contributed by atoms with Gasteiger partial charge in [0.15, 0.2) is 17.5 Å². The van der Waals surface area contributed by atoms with Gasteiger partial charge in [0, 0.05) is 39.0 Å². The molecule has 0 radical (unpaired) electrons. The molecule has 0 aliphatic heterocycles. The second-order valence-electron chi connectivity index (χ2n) is 12.8. The Morgan fingerprint density at radius 2 is 1.24 bits per heavy atom. The molecule has 2 heterocycles. The second kappa shape index (κ2) is 11.1. The minimum absolute atomic E-state index is 0.384. The zero-order valence-corrected chi connectivity index (χ0v) is 26.5. The fraction of sp³-hybridized carbons (Fsp3) is 0.0444. The Balaban J connectivity index is 1.21. The largest absolute Gasteiger partial charge is 0.455 e. The van der Waals surface area contributed by atoms with E-state index in [9.17, 15) is 0 Å². The first-order chi connectivity index (χ1) is 24.2. The molecule has 2 aliphatic rings. The first-order valence-electron chi connectivity index (χ1n) is 16.7. The normalized spacial score (nSPS) is 15.6. The predicted octanol–water partition coefficient (Wildman–Crippen LogP) is 11.5. The van der Waals surface area contributed by atoms with Gasteiger partial charge in [0.05, 0.1) is 0 Å². The first kappa shape index (κ1) is 27.7. The molecule has 0 bridgehead atoms. The fourth-order valence-electron chi connectivity index (χ4n) is 7.30. The molecule has 2 aliphatic carbocycles. The van der Waals surface area contributed by atoms with Crippen LogP contribution in [0.15, 0.2) is 168 Å². The SMILES string of the molecule is C1=CC2=CC(c3nc(-c4ccc5ccccc5c4)nc(-c4ccc(-c5ccc6ccccc6c5)c5oc6ccccc6c45)n3)=CCC2C=C1. The van der Waals surface area contributed by atoms with Gasteiger partial charge in [0.2, 0.25) is 0 Å². The third-order valence-electron chi connectivity index (χ3n) is 9.81. The lowest BCUT2D eigenvalue weighted by Gasteiger charge is -2.21. The molecule has 0 fully saturated rings. The van der Waals surface area contributed by atoms with Crippen LogP contribution in [-0.4, -0.2) is 15.0 Å². The van der Waals surface area contributed by atoms with Crippen LogP contribution in [0.4, 0.5) is 0 Å². The second-order valence-corrected chi connectivity index (χ2v) is 12.8. The number of nitrogens with zero attached hydrogens (tertiary/aromatic N) is 3. The van der Waals surface area contributed by atoms with Crippen LogP contribution in [-0.2, 0) is 0 Å². The summed E-state index contributed by atoms with van der Waals surface area (Å²) >= 11 is 0. The lowest BCUT2D eigenvalue weighted by atomic mass is 9.85. The molecule has 49 heavy (non-hydrogen) atoms. The molecule has 2 aromatic heterocycles. The number of rotatable bonds is 4. The zero-order valence-electron chi connectivity index (χ0n) is 26.5. The minimum atomic E-state index is 0.384. The predicted molar refractivity (Wildman–Crippen MR) is 201 cm³/mol. The number of para-hydroxylation sites is 1. The molecule has 0 saturated heterocycles. The lowest BCUT2D eigenvalue weighted by molar-refractivity contribution is 0.670. The molecule has 1 atom stereocenters. The maximum absolute atomic E-state index is 6.67. The number of hydrogen-bond acceptors (Lipinski definition) is 4. The molecular weight excluding hydrogens is 599 g/mol. The van der Waals surface area contributed by atoms with Crippen molar-refractivity contribution in [2.24, 2.45) is 5.92 Å². The number of benzene rings is 6. The van der Waals surface area contributed by atoms with Crippen LogP contribution in [0.2, 0.25) is 0 Å². The van der Waals surface area contributed by atoms with Gasteiger partial charge in [-0.1, -0.05) is 121 Å². The summed E-state index contributed by atoms with van der Waals surface area (Å²) in [7, 11) is 0. The van der Waals surface area contributed by atoms with E-state index < -0.39 is 0 Å². The Morgan fingerprint density at radius 3 is 2.08 bits per heavy atom. The van der Waals surface area contributed by atoms with Gasteiger partial charge in [0.25, 0.3) is 0 Å². The van der Waals surface area contributed by atoms with E-state index in [-0.39, 0.29) is 0 Å². The Bertz CT molecular complexity index is 2760. The Kier molecular flexibility index (Phi) is 6.28. The standard InChI is InChI=1S/C45H29N3O/c1-4-12-31-25-34(20-17-28(31)9-1)37-23-24-39(41-38-15-7-8-16-40(38)49-42(37)41)45-47-43(35-21-18-29-10-2-5-13-32(29)26-35)46-44(48-45)36-22-19-30-11-3-6-14-33(30)27-36/h1-18,20-27,30H,19H2. The summed E-state index contributed by atoms with van der Waals surface area (Å²) in [5.74, 6) is 2.32. The van der Waals surface area contributed by atoms with Crippen molar-refractivity contribution in [3.05, 3.63) is 169 Å². The molecule has 0 spiro atoms. The molecule has 4 nitrogen and oxygen atoms in total. The summed E-state index contributed by atoms with van der Waals surface area (Å²) in [6.45, 7) is 0. The number of aromatic nitrogens is 3. The van der Waals surface area contributed by atoms with Crippen molar-refractivity contribution in [3.8, 4) is 33.9 Å². The highest BCUT2D eigenvalue weighted by atomic mass is 16.3. The summed E-state index contributed by atoms with van der Waals surface area (Å²) in [5, 5.41) is 6.76. The molecule has 1 unspecified atom stereocenters. The average Bonchev–Trinajstić information content (AvgIpc) is 3.56. The number of allylic oxidation sites excluding steroid dienone is 8. The van der Waals surface area contributed by atoms with Gasteiger partial charge in [-0.25, -0.2) is 15.0 Å². The third-order valence-corrected chi connectivity index (χ3v) is 9.81. The summed E-state index contributed by atoms with van der Waals surface area (Å²) in [6.07, 6.45) is 14.1. The number of furan rings is 1. The van der Waals surface area contributed by atoms with Gasteiger partial charge in [0.1, 0.15) is 11.2 Å². The molecular formula is C45H29N3O. The average molecular weight is 628 g/mol. The maximum Gasteiger partial charge on any atom is 0.164 e. The molecule has 0 N–H and O–H groups in total. The fourth-order valence-corrected chi connectivity index (χ4v) is 7.30. The minimum Gasteiger partial charge on any atom is -0.455 e. The van der Waals surface area contributed by atoms with Crippen molar-refractivity contribution in [2.75, 3.05) is 0 Å². The maximum atomic E-state index is 6.67. The quantitative estimate of drug-likeness (QED) is 0.195. The Labute approximate surface area is 283 Å². The molecule has 4 heteroatoms. The monoisotopic (exact) mass is 627 g/mol. The zero-order chi connectivity index (χ0) is 32.3. The van der Waals surface area contributed by atoms with Crippen molar-refractivity contribution >= 4 is 49.1 Å². The lowest BCUT2D eigenvalue weighted by Crippen LogP contribution is -2.08. The highest BCUT2D eigenvalue weighted by molar-refractivity contribution is 6.16. The number of hydrogen-bond donors (Lipinski definition) is 0. The van der Waals surface area contributed by atoms with E-state index in [1.807, 2.05) is 12.1 Å². The van der Waals surface area contributed by atoms with Crippen molar-refractivity contribution in [2.45, 2.75) is 6.42 Å². The van der Waals surface area contributed by atoms with Crippen LogP contribution in [0.3, 0.4) is 0 Å². The summed E-state index contributed by atoms with van der Waals surface area (Å²) in [4.78, 5) is 15.5. The van der Waals surface area contributed by atoms with E-state index in [4.69, 9.17) is 19.4 Å². The molecule has 6 aromatic carbocycles. The Morgan fingerprint density at radius 1 is 0.571 bits per heavy atom. The molecule has 8 aromatic rings. The van der Waals surface area contributed by atoms with E-state index >= 15 is 0 Å². The summed E-state index contributed by atoms with van der Waals surface area (Å²) in [5.41, 5.74) is 7.95. The van der Waals surface area contributed by atoms with Crippen LogP contribution >= 0.6 is 0 Å². The van der Waals surface area contributed by atoms with Crippen LogP contribution in [0, 0.1) is 5.92 Å². The van der Waals surface area contributed by atoms with Gasteiger partial charge in [-0.05, 0) is 75.5 Å². The smallest absolute Gasteiger partial charge is 0.164 e. The van der Waals surface area contributed by atoms with E-state index in [0.29, 0.717) is 23.4 Å². The van der Waals surface area contributed by atoms with E-state index in [0.717, 1.165) is 61.6 Å². The van der Waals surface area contributed by atoms with Crippen molar-refractivity contribution in [1.29, 1.82) is 0 Å². The van der Waals surface area contributed by atoms with Crippen molar-refractivity contribution < 1.29 is 4.42 Å². The van der Waals surface area contributed by atoms with Gasteiger partial charge in [-0.2, -0.15) is 0 Å². The van der Waals surface area contributed by atoms with Crippen molar-refractivity contribution in [1.82, 2.24) is 15.0 Å². The van der Waals surface area contributed by atoms with Crippen LogP contribution in [0.1, 0.15) is 12.2 Å². The Hall–Kier alpha value is -6.39. The van der Waals surface area contributed by atoms with Crippen LogP contribution in [0.25, 0.3) is 83.0 Å². The number of fused-ring (bicyclic) bond motifs is 6. The summed E-state index contributed by atoms with van der Waals surface area (Å²) < 4.78 is 6.67. The van der Waals surface area contributed by atoms with Gasteiger partial charge in [-0.15, -0.1) is 0 Å². The van der Waals surface area contributed by atoms with Gasteiger partial charge >= 0.3 is 0 Å². The highest BCUT2D eigenvalue weighted by Crippen LogP contribution is 2.42. The molecule has 230 valence electrons.